The van der Waals surface area contributed by atoms with Crippen molar-refractivity contribution in [2.75, 3.05) is 13.1 Å². The number of rotatable bonds is 6. The molecule has 4 rings (SSSR count). The predicted octanol–water partition coefficient (Wildman–Crippen LogP) is 2.96. The van der Waals surface area contributed by atoms with Gasteiger partial charge >= 0.3 is 0 Å². The highest BCUT2D eigenvalue weighted by molar-refractivity contribution is 7.13. The number of likely N-dealkylation sites (tertiary alicyclic amines) is 1. The maximum atomic E-state index is 11.2. The summed E-state index contributed by atoms with van der Waals surface area (Å²) in [7, 11) is 0. The number of carbonyl (C=O) groups excluding carboxylic acids is 1. The van der Waals surface area contributed by atoms with Crippen molar-refractivity contribution >= 4 is 17.2 Å². The number of aromatic nitrogens is 2. The van der Waals surface area contributed by atoms with E-state index in [1.807, 2.05) is 24.3 Å². The molecule has 1 saturated heterocycles. The van der Waals surface area contributed by atoms with Crippen LogP contribution in [0.15, 0.2) is 54.2 Å². The van der Waals surface area contributed by atoms with Gasteiger partial charge in [0, 0.05) is 42.3 Å². The second-order valence-electron chi connectivity index (χ2n) is 6.54. The van der Waals surface area contributed by atoms with Crippen molar-refractivity contribution in [3.05, 3.63) is 65.4 Å². The van der Waals surface area contributed by atoms with Gasteiger partial charge in [0.15, 0.2) is 0 Å². The Labute approximate surface area is 161 Å². The number of pyridine rings is 1. The van der Waals surface area contributed by atoms with E-state index in [0.717, 1.165) is 48.1 Å². The lowest BCUT2D eigenvalue weighted by molar-refractivity contribution is 0.100. The Hall–Kier alpha value is -2.77. The number of nitrogens with zero attached hydrogens (tertiary/aromatic N) is 3. The minimum atomic E-state index is -0.418. The minimum Gasteiger partial charge on any atom is -0.487 e. The molecule has 0 saturated carbocycles. The lowest BCUT2D eigenvalue weighted by Crippen LogP contribution is -2.24. The molecule has 1 aliphatic rings. The Morgan fingerprint density at radius 3 is 2.89 bits per heavy atom. The first-order chi connectivity index (χ1) is 13.2. The number of thiazole rings is 1. The van der Waals surface area contributed by atoms with Gasteiger partial charge in [0.25, 0.3) is 0 Å². The Balaban J connectivity index is 1.35. The molecule has 6 nitrogen and oxygen atoms in total. The number of primary amides is 1. The summed E-state index contributed by atoms with van der Waals surface area (Å²) in [6.45, 7) is 2.68. The van der Waals surface area contributed by atoms with Gasteiger partial charge in [-0.15, -0.1) is 11.3 Å². The number of nitrogens with two attached hydrogens (primary N) is 1. The van der Waals surface area contributed by atoms with E-state index in [1.165, 1.54) is 0 Å². The fourth-order valence-electron chi connectivity index (χ4n) is 3.16. The third-order valence-electron chi connectivity index (χ3n) is 4.52. The molecule has 1 aliphatic heterocycles. The average Bonchev–Trinajstić information content (AvgIpc) is 3.33. The summed E-state index contributed by atoms with van der Waals surface area (Å²) in [4.78, 5) is 22.4. The van der Waals surface area contributed by atoms with Crippen LogP contribution in [0.4, 0.5) is 0 Å². The van der Waals surface area contributed by atoms with E-state index in [1.54, 1.807) is 35.9 Å². The first-order valence-electron chi connectivity index (χ1n) is 8.81. The smallest absolute Gasteiger partial charge is 0.248 e. The Morgan fingerprint density at radius 2 is 2.15 bits per heavy atom. The van der Waals surface area contributed by atoms with Crippen LogP contribution in [0.1, 0.15) is 22.5 Å². The van der Waals surface area contributed by atoms with E-state index in [2.05, 4.69) is 15.3 Å². The molecule has 27 heavy (non-hydrogen) atoms. The molecule has 2 aromatic heterocycles. The Kier molecular flexibility index (Phi) is 5.13. The summed E-state index contributed by atoms with van der Waals surface area (Å²) in [5.41, 5.74) is 7.84. The molecule has 1 atom stereocenters. The van der Waals surface area contributed by atoms with Crippen molar-refractivity contribution in [2.45, 2.75) is 19.1 Å². The fourth-order valence-corrected chi connectivity index (χ4v) is 3.98. The number of benzene rings is 1. The Morgan fingerprint density at radius 1 is 1.30 bits per heavy atom. The first-order valence-corrected chi connectivity index (χ1v) is 9.69. The second kappa shape index (κ2) is 7.85. The molecule has 0 aliphatic carbocycles. The molecular weight excluding hydrogens is 360 g/mol. The maximum absolute atomic E-state index is 11.2. The molecule has 1 aromatic carbocycles. The molecule has 3 heterocycles. The number of hydrogen-bond acceptors (Lipinski definition) is 6. The largest absolute Gasteiger partial charge is 0.487 e. The SMILES string of the molecule is NC(=O)c1ccc(-c2nc(CN3CCC(Oc4cccnc4)C3)cs2)cc1. The minimum absolute atomic E-state index is 0.189. The highest BCUT2D eigenvalue weighted by Gasteiger charge is 2.24. The highest BCUT2D eigenvalue weighted by atomic mass is 32.1. The summed E-state index contributed by atoms with van der Waals surface area (Å²) in [5.74, 6) is 0.401. The van der Waals surface area contributed by atoms with Gasteiger partial charge in [-0.3, -0.25) is 14.7 Å². The number of carbonyl (C=O) groups is 1. The zero-order chi connectivity index (χ0) is 18.6. The van der Waals surface area contributed by atoms with Crippen LogP contribution in [0.2, 0.25) is 0 Å². The van der Waals surface area contributed by atoms with Crippen molar-refractivity contribution in [1.82, 2.24) is 14.9 Å². The predicted molar refractivity (Wildman–Crippen MR) is 105 cm³/mol. The fraction of sp³-hybridized carbons (Fsp3) is 0.250. The summed E-state index contributed by atoms with van der Waals surface area (Å²) in [5, 5.41) is 3.04. The maximum Gasteiger partial charge on any atom is 0.248 e. The zero-order valence-corrected chi connectivity index (χ0v) is 15.6. The zero-order valence-electron chi connectivity index (χ0n) is 14.7. The third kappa shape index (κ3) is 4.32. The average molecular weight is 380 g/mol. The van der Waals surface area contributed by atoms with Gasteiger partial charge in [0.2, 0.25) is 5.91 Å². The molecule has 7 heteroatoms. The summed E-state index contributed by atoms with van der Waals surface area (Å²) < 4.78 is 5.99. The number of amides is 1. The van der Waals surface area contributed by atoms with Gasteiger partial charge in [-0.1, -0.05) is 12.1 Å². The number of hydrogen-bond donors (Lipinski definition) is 1. The van der Waals surface area contributed by atoms with Gasteiger partial charge in [0.1, 0.15) is 16.9 Å². The monoisotopic (exact) mass is 380 g/mol. The van der Waals surface area contributed by atoms with E-state index < -0.39 is 5.91 Å². The van der Waals surface area contributed by atoms with Crippen LogP contribution in [-0.2, 0) is 6.54 Å². The lowest BCUT2D eigenvalue weighted by Gasteiger charge is -2.15. The topological polar surface area (TPSA) is 81.3 Å². The van der Waals surface area contributed by atoms with E-state index >= 15 is 0 Å². The van der Waals surface area contributed by atoms with E-state index in [0.29, 0.717) is 5.56 Å². The van der Waals surface area contributed by atoms with Crippen molar-refractivity contribution in [2.24, 2.45) is 5.73 Å². The van der Waals surface area contributed by atoms with Gasteiger partial charge in [0.05, 0.1) is 11.9 Å². The van der Waals surface area contributed by atoms with Crippen molar-refractivity contribution in [1.29, 1.82) is 0 Å². The van der Waals surface area contributed by atoms with Crippen LogP contribution < -0.4 is 10.5 Å². The molecule has 0 radical (unpaired) electrons. The van der Waals surface area contributed by atoms with E-state index in [4.69, 9.17) is 15.5 Å². The molecule has 0 bridgehead atoms. The molecular formula is C20H20N4O2S. The van der Waals surface area contributed by atoms with Crippen LogP contribution in [0.5, 0.6) is 5.75 Å². The van der Waals surface area contributed by atoms with Gasteiger partial charge in [-0.25, -0.2) is 4.98 Å². The summed E-state index contributed by atoms with van der Waals surface area (Å²) >= 11 is 1.61. The summed E-state index contributed by atoms with van der Waals surface area (Å²) in [6, 6.07) is 11.1. The van der Waals surface area contributed by atoms with Gasteiger partial charge in [-0.2, -0.15) is 0 Å². The van der Waals surface area contributed by atoms with Crippen LogP contribution in [0.25, 0.3) is 10.6 Å². The van der Waals surface area contributed by atoms with Crippen LogP contribution in [-0.4, -0.2) is 40.0 Å². The number of ether oxygens (including phenoxy) is 1. The molecule has 3 aromatic rings. The quantitative estimate of drug-likeness (QED) is 0.711. The van der Waals surface area contributed by atoms with Gasteiger partial charge < -0.3 is 10.5 Å². The first kappa shape index (κ1) is 17.6. The van der Waals surface area contributed by atoms with Crippen LogP contribution in [0, 0.1) is 0 Å². The molecule has 2 N–H and O–H groups in total. The molecule has 0 spiro atoms. The van der Waals surface area contributed by atoms with Crippen molar-refractivity contribution < 1.29 is 9.53 Å². The van der Waals surface area contributed by atoms with Gasteiger partial charge in [-0.05, 0) is 30.7 Å². The van der Waals surface area contributed by atoms with Crippen LogP contribution >= 0.6 is 11.3 Å². The van der Waals surface area contributed by atoms with E-state index in [9.17, 15) is 4.79 Å². The van der Waals surface area contributed by atoms with Crippen LogP contribution in [0.3, 0.4) is 0 Å². The van der Waals surface area contributed by atoms with Crippen molar-refractivity contribution in [3.63, 3.8) is 0 Å². The summed E-state index contributed by atoms with van der Waals surface area (Å²) in [6.07, 6.45) is 4.68. The highest BCUT2D eigenvalue weighted by Crippen LogP contribution is 2.26. The standard InChI is InChI=1S/C20H20N4O2S/c21-19(25)14-3-5-15(6-4-14)20-23-16(13-27-20)11-24-9-7-18(12-24)26-17-2-1-8-22-10-17/h1-6,8,10,13,18H,7,9,11-12H2,(H2,21,25). The molecule has 1 fully saturated rings. The third-order valence-corrected chi connectivity index (χ3v) is 5.46. The molecule has 138 valence electrons. The Bertz CT molecular complexity index is 911. The lowest BCUT2D eigenvalue weighted by atomic mass is 10.1. The second-order valence-corrected chi connectivity index (χ2v) is 7.40. The molecule has 1 amide bonds. The normalized spacial score (nSPS) is 17.1. The van der Waals surface area contributed by atoms with Crippen molar-refractivity contribution in [3.8, 4) is 16.3 Å². The molecule has 1 unspecified atom stereocenters. The van der Waals surface area contributed by atoms with E-state index in [-0.39, 0.29) is 6.10 Å².